The van der Waals surface area contributed by atoms with Gasteiger partial charge >= 0.3 is 0 Å². The van der Waals surface area contributed by atoms with Crippen molar-refractivity contribution in [2.24, 2.45) is 5.41 Å². The van der Waals surface area contributed by atoms with Gasteiger partial charge in [-0.05, 0) is 41.0 Å². The predicted molar refractivity (Wildman–Crippen MR) is 98.1 cm³/mol. The lowest BCUT2D eigenvalue weighted by atomic mass is 9.72. The topological polar surface area (TPSA) is 61.8 Å². The Morgan fingerprint density at radius 1 is 0.958 bits per heavy atom. The Morgan fingerprint density at radius 3 is 2.42 bits per heavy atom. The molecule has 0 unspecified atom stereocenters. The van der Waals surface area contributed by atoms with Crippen LogP contribution in [0.25, 0.3) is 22.2 Å². The number of benzene rings is 2. The van der Waals surface area contributed by atoms with Crippen LogP contribution < -0.4 is 0 Å². The van der Waals surface area contributed by atoms with Crippen LogP contribution in [0.5, 0.6) is 5.75 Å². The molecule has 0 bridgehead atoms. The van der Waals surface area contributed by atoms with Gasteiger partial charge in [0.2, 0.25) is 0 Å². The number of fused-ring (bicyclic) bond motifs is 1. The van der Waals surface area contributed by atoms with E-state index in [9.17, 15) is 5.11 Å². The van der Waals surface area contributed by atoms with E-state index in [1.807, 2.05) is 24.3 Å². The lowest BCUT2D eigenvalue weighted by molar-refractivity contribution is 0.284. The molecule has 4 heteroatoms. The van der Waals surface area contributed by atoms with E-state index in [2.05, 4.69) is 56.1 Å². The molecule has 2 aromatic carbocycles. The summed E-state index contributed by atoms with van der Waals surface area (Å²) in [5, 5.41) is 21.5. The minimum absolute atomic E-state index is 0.0123. The molecule has 1 heterocycles. The van der Waals surface area contributed by atoms with Crippen molar-refractivity contribution in [2.75, 3.05) is 0 Å². The summed E-state index contributed by atoms with van der Waals surface area (Å²) in [7, 11) is 0. The Morgan fingerprint density at radius 2 is 1.71 bits per heavy atom. The van der Waals surface area contributed by atoms with Crippen molar-refractivity contribution in [2.45, 2.75) is 46.5 Å². The van der Waals surface area contributed by atoms with Crippen LogP contribution in [0.15, 0.2) is 36.4 Å². The zero-order valence-electron chi connectivity index (χ0n) is 15.0. The van der Waals surface area contributed by atoms with Crippen LogP contribution in [0, 0.1) is 5.41 Å². The third-order valence-electron chi connectivity index (χ3n) is 4.39. The highest BCUT2D eigenvalue weighted by molar-refractivity contribution is 5.93. The van der Waals surface area contributed by atoms with E-state index in [4.69, 9.17) is 0 Å². The number of rotatable bonds is 3. The molecule has 126 valence electrons. The zero-order valence-corrected chi connectivity index (χ0v) is 15.0. The number of nitrogens with zero attached hydrogens (tertiary/aromatic N) is 2. The number of aromatic hydroxyl groups is 1. The SMILES string of the molecule is CC(C)(C)CC(C)(C)c1ccc(O)c(-c2cccc3n[nH]nc23)c1. The van der Waals surface area contributed by atoms with Crippen molar-refractivity contribution < 1.29 is 5.11 Å². The second-order valence-corrected chi connectivity index (χ2v) is 8.35. The maximum atomic E-state index is 10.4. The van der Waals surface area contributed by atoms with Gasteiger partial charge in [-0.1, -0.05) is 52.8 Å². The van der Waals surface area contributed by atoms with Gasteiger partial charge < -0.3 is 5.11 Å². The number of H-pyrrole nitrogens is 1. The summed E-state index contributed by atoms with van der Waals surface area (Å²) in [4.78, 5) is 0. The molecule has 2 N–H and O–H groups in total. The van der Waals surface area contributed by atoms with Gasteiger partial charge in [0.1, 0.15) is 16.8 Å². The fraction of sp³-hybridized carbons (Fsp3) is 0.400. The molecule has 0 aliphatic carbocycles. The molecule has 24 heavy (non-hydrogen) atoms. The highest BCUT2D eigenvalue weighted by atomic mass is 16.3. The van der Waals surface area contributed by atoms with Gasteiger partial charge in [0.25, 0.3) is 0 Å². The number of para-hydroxylation sites is 1. The molecular weight excluding hydrogens is 298 g/mol. The lowest BCUT2D eigenvalue weighted by Gasteiger charge is -2.33. The molecule has 0 radical (unpaired) electrons. The number of aromatic nitrogens is 3. The molecule has 0 saturated carbocycles. The van der Waals surface area contributed by atoms with Crippen molar-refractivity contribution in [3.05, 3.63) is 42.0 Å². The fourth-order valence-electron chi connectivity index (χ4n) is 3.69. The van der Waals surface area contributed by atoms with Gasteiger partial charge in [-0.25, -0.2) is 0 Å². The first kappa shape index (κ1) is 16.5. The second kappa shape index (κ2) is 5.62. The van der Waals surface area contributed by atoms with E-state index in [0.717, 1.165) is 28.6 Å². The smallest absolute Gasteiger partial charge is 0.123 e. The van der Waals surface area contributed by atoms with Gasteiger partial charge in [-0.2, -0.15) is 15.4 Å². The molecule has 0 amide bonds. The predicted octanol–water partition coefficient (Wildman–Crippen LogP) is 5.04. The minimum Gasteiger partial charge on any atom is -0.507 e. The van der Waals surface area contributed by atoms with Gasteiger partial charge in [-0.3, -0.25) is 0 Å². The largest absolute Gasteiger partial charge is 0.507 e. The van der Waals surface area contributed by atoms with Gasteiger partial charge in [0, 0.05) is 11.1 Å². The molecular formula is C20H25N3O. The molecule has 0 saturated heterocycles. The normalized spacial score (nSPS) is 12.7. The Balaban J connectivity index is 2.12. The third-order valence-corrected chi connectivity index (χ3v) is 4.39. The van der Waals surface area contributed by atoms with Crippen molar-refractivity contribution in [1.29, 1.82) is 0 Å². The van der Waals surface area contributed by atoms with E-state index >= 15 is 0 Å². The standard InChI is InChI=1S/C20H25N3O/c1-19(2,3)12-20(4,5)13-9-10-17(24)15(11-13)14-7-6-8-16-18(14)22-23-21-16/h6-11,24H,12H2,1-5H3,(H,21,22,23). The van der Waals surface area contributed by atoms with Crippen LogP contribution in [0.3, 0.4) is 0 Å². The zero-order chi connectivity index (χ0) is 17.5. The van der Waals surface area contributed by atoms with Crippen LogP contribution in [-0.4, -0.2) is 20.5 Å². The fourth-order valence-corrected chi connectivity index (χ4v) is 3.69. The summed E-state index contributed by atoms with van der Waals surface area (Å²) in [6, 6.07) is 11.7. The molecule has 0 aliphatic rings. The van der Waals surface area contributed by atoms with Crippen molar-refractivity contribution in [3.8, 4) is 16.9 Å². The van der Waals surface area contributed by atoms with Crippen LogP contribution in [0.1, 0.15) is 46.6 Å². The van der Waals surface area contributed by atoms with Crippen molar-refractivity contribution >= 4 is 11.0 Å². The molecule has 0 atom stereocenters. The Kier molecular flexibility index (Phi) is 3.86. The molecule has 4 nitrogen and oxygen atoms in total. The third kappa shape index (κ3) is 3.14. The van der Waals surface area contributed by atoms with Crippen LogP contribution >= 0.6 is 0 Å². The van der Waals surface area contributed by atoms with Gasteiger partial charge in [0.05, 0.1) is 0 Å². The Bertz CT molecular complexity index is 872. The summed E-state index contributed by atoms with van der Waals surface area (Å²) in [5.74, 6) is 0.265. The van der Waals surface area contributed by atoms with Gasteiger partial charge in [-0.15, -0.1) is 0 Å². The minimum atomic E-state index is 0.0123. The summed E-state index contributed by atoms with van der Waals surface area (Å²) >= 11 is 0. The number of nitrogens with one attached hydrogen (secondary N) is 1. The first-order chi connectivity index (χ1) is 11.2. The first-order valence-electron chi connectivity index (χ1n) is 8.31. The average molecular weight is 323 g/mol. The summed E-state index contributed by atoms with van der Waals surface area (Å²) in [6.45, 7) is 11.3. The number of hydrogen-bond donors (Lipinski definition) is 2. The highest BCUT2D eigenvalue weighted by Crippen LogP contribution is 2.40. The number of phenols is 1. The van der Waals surface area contributed by atoms with Crippen molar-refractivity contribution in [3.63, 3.8) is 0 Å². The highest BCUT2D eigenvalue weighted by Gasteiger charge is 2.28. The van der Waals surface area contributed by atoms with Gasteiger partial charge in [0.15, 0.2) is 0 Å². The molecule has 0 fully saturated rings. The van der Waals surface area contributed by atoms with E-state index in [1.54, 1.807) is 6.07 Å². The summed E-state index contributed by atoms with van der Waals surface area (Å²) in [5.41, 5.74) is 4.73. The molecule has 3 rings (SSSR count). The second-order valence-electron chi connectivity index (χ2n) is 8.35. The quantitative estimate of drug-likeness (QED) is 0.709. The van der Waals surface area contributed by atoms with E-state index in [1.165, 1.54) is 5.56 Å². The summed E-state index contributed by atoms with van der Waals surface area (Å²) < 4.78 is 0. The molecule has 1 aromatic heterocycles. The van der Waals surface area contributed by atoms with Crippen LogP contribution in [0.4, 0.5) is 0 Å². The molecule has 0 aliphatic heterocycles. The van der Waals surface area contributed by atoms with E-state index in [0.29, 0.717) is 0 Å². The van der Waals surface area contributed by atoms with E-state index < -0.39 is 0 Å². The monoisotopic (exact) mass is 323 g/mol. The van der Waals surface area contributed by atoms with Crippen LogP contribution in [-0.2, 0) is 5.41 Å². The average Bonchev–Trinajstić information content (AvgIpc) is 2.93. The maximum Gasteiger partial charge on any atom is 0.123 e. The maximum absolute atomic E-state index is 10.4. The van der Waals surface area contributed by atoms with Crippen LogP contribution in [0.2, 0.25) is 0 Å². The first-order valence-corrected chi connectivity index (χ1v) is 8.31. The number of aromatic amines is 1. The Labute approximate surface area is 142 Å². The lowest BCUT2D eigenvalue weighted by Crippen LogP contribution is -2.24. The van der Waals surface area contributed by atoms with E-state index in [-0.39, 0.29) is 16.6 Å². The van der Waals surface area contributed by atoms with Crippen molar-refractivity contribution in [1.82, 2.24) is 15.4 Å². The summed E-state index contributed by atoms with van der Waals surface area (Å²) in [6.07, 6.45) is 1.05. The number of phenolic OH excluding ortho intramolecular Hbond substituents is 1. The molecule has 3 aromatic rings. The Hall–Kier alpha value is -2.36. The molecule has 0 spiro atoms. The number of hydrogen-bond acceptors (Lipinski definition) is 3.